The van der Waals surface area contributed by atoms with Crippen LogP contribution in [0, 0.1) is 34.0 Å². The maximum absolute atomic E-state index is 14.6. The number of furan rings is 1. The molecule has 4 bridgehead atoms. The minimum absolute atomic E-state index is 0.0511. The van der Waals surface area contributed by atoms with Crippen LogP contribution in [0.5, 0.6) is 0 Å². The van der Waals surface area contributed by atoms with Crippen LogP contribution in [0.25, 0.3) is 0 Å². The maximum atomic E-state index is 14.6. The summed E-state index contributed by atoms with van der Waals surface area (Å²) in [6.07, 6.45) is 2.89. The van der Waals surface area contributed by atoms with Crippen molar-refractivity contribution in [2.75, 3.05) is 14.2 Å². The molecule has 3 saturated heterocycles. The topological polar surface area (TPSA) is 149 Å². The standard InChI is InChI=1S/C36H46O12/c1-18(2)24(39)23-25-30(5,26(44-19(3)37)20-10-13-43-15-20)11-12-34-31(6)21(14-22(38)41-8)29(4)16-33(42-9)28(45-27(23)40)36(25,34)48-32(7,46-34)47-35(31,33)17-29/h10,13,15,18,21,25-26,28,39H,11-12,14,16-17H2,1-9H3/b24-23-. The zero-order valence-corrected chi connectivity index (χ0v) is 29.1. The van der Waals surface area contributed by atoms with E-state index < -0.39 is 80.6 Å². The van der Waals surface area contributed by atoms with Crippen LogP contribution in [0.4, 0.5) is 0 Å². The van der Waals surface area contributed by atoms with Crippen molar-refractivity contribution >= 4 is 17.9 Å². The predicted octanol–water partition coefficient (Wildman–Crippen LogP) is 5.06. The molecule has 1 aromatic rings. The van der Waals surface area contributed by atoms with E-state index in [1.54, 1.807) is 33.9 Å². The average molecular weight is 671 g/mol. The molecule has 1 aromatic heterocycles. The highest BCUT2D eigenvalue weighted by atomic mass is 16.9. The van der Waals surface area contributed by atoms with Crippen molar-refractivity contribution in [1.82, 2.24) is 0 Å². The number of aliphatic hydroxyl groups is 1. The number of carbonyl (C=O) groups is 3. The van der Waals surface area contributed by atoms with Gasteiger partial charge in [0.25, 0.3) is 5.97 Å². The lowest BCUT2D eigenvalue weighted by Gasteiger charge is -2.77. The molecule has 7 fully saturated rings. The number of aliphatic hydroxyl groups excluding tert-OH is 1. The molecule has 7 aliphatic rings. The molecule has 48 heavy (non-hydrogen) atoms. The third-order valence-corrected chi connectivity index (χ3v) is 14.1. The number of rotatable bonds is 7. The number of fused-ring (bicyclic) bond motifs is 3. The van der Waals surface area contributed by atoms with Gasteiger partial charge in [-0.3, -0.25) is 9.59 Å². The molecule has 0 aromatic carbocycles. The molecule has 12 nitrogen and oxygen atoms in total. The summed E-state index contributed by atoms with van der Waals surface area (Å²) in [5.74, 6) is -5.00. The molecule has 1 N–H and O–H groups in total. The number of ether oxygens (including phenoxy) is 7. The van der Waals surface area contributed by atoms with Gasteiger partial charge in [-0.15, -0.1) is 0 Å². The Labute approximate surface area is 279 Å². The average Bonchev–Trinajstić information content (AvgIpc) is 3.72. The van der Waals surface area contributed by atoms with Crippen molar-refractivity contribution in [2.24, 2.45) is 34.0 Å². The van der Waals surface area contributed by atoms with Gasteiger partial charge in [0, 0.05) is 55.6 Å². The van der Waals surface area contributed by atoms with E-state index in [9.17, 15) is 19.5 Å². The summed E-state index contributed by atoms with van der Waals surface area (Å²) in [5, 5.41) is 11.9. The second-order valence-corrected chi connectivity index (χ2v) is 16.5. The summed E-state index contributed by atoms with van der Waals surface area (Å²) >= 11 is 0. The zero-order valence-electron chi connectivity index (χ0n) is 29.1. The number of allylic oxidation sites excluding steroid dienone is 1. The Morgan fingerprint density at radius 3 is 2.35 bits per heavy atom. The van der Waals surface area contributed by atoms with E-state index >= 15 is 0 Å². The largest absolute Gasteiger partial charge is 0.511 e. The van der Waals surface area contributed by atoms with Crippen LogP contribution in [-0.4, -0.2) is 71.7 Å². The molecule has 262 valence electrons. The Morgan fingerprint density at radius 2 is 1.75 bits per heavy atom. The molecule has 12 atom stereocenters. The number of carbonyl (C=O) groups excluding carboxylic acids is 3. The molecular weight excluding hydrogens is 624 g/mol. The quantitative estimate of drug-likeness (QED) is 0.179. The van der Waals surface area contributed by atoms with Gasteiger partial charge in [-0.2, -0.15) is 0 Å². The summed E-state index contributed by atoms with van der Waals surface area (Å²) < 4.78 is 51.9. The molecule has 4 heterocycles. The Hall–Kier alpha value is -2.93. The Morgan fingerprint density at radius 1 is 1.04 bits per heavy atom. The third-order valence-electron chi connectivity index (χ3n) is 14.1. The minimum atomic E-state index is -1.60. The summed E-state index contributed by atoms with van der Waals surface area (Å²) in [6, 6.07) is 1.74. The Kier molecular flexibility index (Phi) is 6.21. The highest BCUT2D eigenvalue weighted by Crippen LogP contribution is 2.90. The first-order valence-electron chi connectivity index (χ1n) is 17.0. The fourth-order valence-corrected chi connectivity index (χ4v) is 12.9. The van der Waals surface area contributed by atoms with E-state index in [0.717, 1.165) is 0 Å². The second kappa shape index (κ2) is 9.24. The van der Waals surface area contributed by atoms with Gasteiger partial charge >= 0.3 is 17.9 Å². The van der Waals surface area contributed by atoms with Gasteiger partial charge in [0.1, 0.15) is 28.7 Å². The Bertz CT molecular complexity index is 1650. The molecule has 4 saturated carbocycles. The second-order valence-electron chi connectivity index (χ2n) is 16.5. The van der Waals surface area contributed by atoms with Crippen molar-refractivity contribution in [2.45, 2.75) is 121 Å². The monoisotopic (exact) mass is 670 g/mol. The van der Waals surface area contributed by atoms with Crippen LogP contribution in [0.15, 0.2) is 34.3 Å². The zero-order chi connectivity index (χ0) is 34.7. The molecule has 0 amide bonds. The smallest absolute Gasteiger partial charge is 0.338 e. The first-order valence-corrected chi connectivity index (χ1v) is 17.0. The molecule has 3 aliphatic heterocycles. The molecule has 12 unspecified atom stereocenters. The number of methoxy groups -OCH3 is 2. The van der Waals surface area contributed by atoms with E-state index in [4.69, 9.17) is 37.6 Å². The SMILES string of the molecule is COC(=O)CC1C2(C)CC3(OC)C4OC(=O)/C(=C(\O)C(C)C)C5C(C)(C(OC(C)=O)c6ccoc6)CCC67OC(C)(OC546)OC3(C2)C17C. The predicted molar refractivity (Wildman–Crippen MR) is 164 cm³/mol. The molecular formula is C36H46O12. The van der Waals surface area contributed by atoms with Crippen LogP contribution < -0.4 is 0 Å². The first-order chi connectivity index (χ1) is 22.4. The van der Waals surface area contributed by atoms with Crippen LogP contribution in [0.3, 0.4) is 0 Å². The maximum Gasteiger partial charge on any atom is 0.338 e. The van der Waals surface area contributed by atoms with Crippen molar-refractivity contribution in [3.63, 3.8) is 0 Å². The van der Waals surface area contributed by atoms with Crippen LogP contribution in [0.1, 0.15) is 92.2 Å². The van der Waals surface area contributed by atoms with E-state index in [0.29, 0.717) is 31.2 Å². The van der Waals surface area contributed by atoms with Gasteiger partial charge in [-0.1, -0.05) is 34.6 Å². The molecule has 4 aliphatic carbocycles. The first kappa shape index (κ1) is 32.3. The lowest BCUT2D eigenvalue weighted by Crippen LogP contribution is -2.92. The van der Waals surface area contributed by atoms with Crippen LogP contribution in [-0.2, 0) is 47.5 Å². The minimum Gasteiger partial charge on any atom is -0.511 e. The van der Waals surface area contributed by atoms with Crippen molar-refractivity contribution in [3.05, 3.63) is 35.5 Å². The highest BCUT2D eigenvalue weighted by Gasteiger charge is 3.02. The fourth-order valence-electron chi connectivity index (χ4n) is 12.9. The van der Waals surface area contributed by atoms with Gasteiger partial charge in [0.2, 0.25) is 0 Å². The van der Waals surface area contributed by atoms with Crippen LogP contribution in [0.2, 0.25) is 0 Å². The fraction of sp³-hybridized carbons (Fsp3) is 0.750. The molecule has 12 heteroatoms. The summed E-state index contributed by atoms with van der Waals surface area (Å²) in [6.45, 7) is 12.9. The number of esters is 3. The molecule has 8 rings (SSSR count). The van der Waals surface area contributed by atoms with Gasteiger partial charge in [-0.25, -0.2) is 4.79 Å². The Balaban J connectivity index is 1.48. The van der Waals surface area contributed by atoms with Crippen molar-refractivity contribution < 1.29 is 57.1 Å². The third kappa shape index (κ3) is 3.13. The van der Waals surface area contributed by atoms with Gasteiger partial charge < -0.3 is 42.7 Å². The van der Waals surface area contributed by atoms with Gasteiger partial charge in [0.05, 0.1) is 25.2 Å². The lowest BCUT2D eigenvalue weighted by molar-refractivity contribution is -0.473. The van der Waals surface area contributed by atoms with Gasteiger partial charge in [0.15, 0.2) is 11.7 Å². The molecule has 0 radical (unpaired) electrons. The summed E-state index contributed by atoms with van der Waals surface area (Å²) in [7, 11) is 3.01. The van der Waals surface area contributed by atoms with E-state index in [1.165, 1.54) is 26.6 Å². The normalized spacial score (nSPS) is 50.6. The van der Waals surface area contributed by atoms with Crippen molar-refractivity contribution in [3.8, 4) is 0 Å². The van der Waals surface area contributed by atoms with Gasteiger partial charge in [-0.05, 0) is 43.1 Å². The van der Waals surface area contributed by atoms with Crippen LogP contribution >= 0.6 is 0 Å². The van der Waals surface area contributed by atoms with Crippen molar-refractivity contribution in [1.29, 1.82) is 0 Å². The van der Waals surface area contributed by atoms with E-state index in [-0.39, 0.29) is 29.6 Å². The number of hydrogen-bond donors (Lipinski definition) is 1. The summed E-state index contributed by atoms with van der Waals surface area (Å²) in [5.41, 5.74) is -6.88. The van der Waals surface area contributed by atoms with E-state index in [2.05, 4.69) is 13.8 Å². The lowest BCUT2D eigenvalue weighted by atomic mass is 9.33. The molecule has 3 spiro atoms. The number of hydrogen-bond acceptors (Lipinski definition) is 12. The summed E-state index contributed by atoms with van der Waals surface area (Å²) in [4.78, 5) is 40.7. The van der Waals surface area contributed by atoms with E-state index in [1.807, 2.05) is 6.92 Å². The highest BCUT2D eigenvalue weighted by molar-refractivity contribution is 5.92.